The first-order valence-corrected chi connectivity index (χ1v) is 12.4. The molecule has 0 aliphatic rings. The number of aryl methyl sites for hydroxylation is 2. The number of aromatic nitrogens is 2. The predicted octanol–water partition coefficient (Wildman–Crippen LogP) is 3.57. The zero-order valence-corrected chi connectivity index (χ0v) is 20.8. The van der Waals surface area contributed by atoms with Gasteiger partial charge in [-0.15, -0.1) is 0 Å². The SMILES string of the molecule is Cc1cccc(NC(=O)Cn2nc(-c3ccc(C)c(S(=O)(=O)N(C)C)c3)c3ccccc3c2=O)c1. The van der Waals surface area contributed by atoms with Crippen molar-refractivity contribution in [2.24, 2.45) is 0 Å². The van der Waals surface area contributed by atoms with Gasteiger partial charge in [0.25, 0.3) is 5.56 Å². The maximum atomic E-state index is 13.1. The molecule has 0 radical (unpaired) electrons. The summed E-state index contributed by atoms with van der Waals surface area (Å²) in [6.45, 7) is 3.35. The number of amides is 1. The number of nitrogens with zero attached hydrogens (tertiary/aromatic N) is 3. The molecule has 3 aromatic carbocycles. The first-order valence-electron chi connectivity index (χ1n) is 11.0. The van der Waals surface area contributed by atoms with Gasteiger partial charge in [-0.25, -0.2) is 17.4 Å². The predicted molar refractivity (Wildman–Crippen MR) is 137 cm³/mol. The minimum absolute atomic E-state index is 0.154. The number of hydrogen-bond acceptors (Lipinski definition) is 5. The zero-order valence-electron chi connectivity index (χ0n) is 19.9. The van der Waals surface area contributed by atoms with E-state index in [1.807, 2.05) is 25.1 Å². The van der Waals surface area contributed by atoms with E-state index in [1.165, 1.54) is 14.1 Å². The quantitative estimate of drug-likeness (QED) is 0.445. The summed E-state index contributed by atoms with van der Waals surface area (Å²) < 4.78 is 28.0. The number of anilines is 1. The van der Waals surface area contributed by atoms with E-state index in [1.54, 1.807) is 55.5 Å². The number of nitrogens with one attached hydrogen (secondary N) is 1. The average Bonchev–Trinajstić information content (AvgIpc) is 2.81. The van der Waals surface area contributed by atoms with E-state index in [-0.39, 0.29) is 11.4 Å². The highest BCUT2D eigenvalue weighted by molar-refractivity contribution is 7.89. The van der Waals surface area contributed by atoms with Crippen molar-refractivity contribution in [3.8, 4) is 11.3 Å². The molecule has 8 nitrogen and oxygen atoms in total. The van der Waals surface area contributed by atoms with Gasteiger partial charge in [0, 0.05) is 30.7 Å². The van der Waals surface area contributed by atoms with Crippen molar-refractivity contribution in [1.29, 1.82) is 0 Å². The molecule has 0 saturated heterocycles. The van der Waals surface area contributed by atoms with Gasteiger partial charge in [0.05, 0.1) is 16.0 Å². The van der Waals surface area contributed by atoms with Gasteiger partial charge >= 0.3 is 0 Å². The number of rotatable bonds is 6. The number of carbonyl (C=O) groups excluding carboxylic acids is 1. The van der Waals surface area contributed by atoms with Gasteiger partial charge in [-0.3, -0.25) is 9.59 Å². The van der Waals surface area contributed by atoms with Gasteiger partial charge in [-0.1, -0.05) is 42.5 Å². The third-order valence-corrected chi connectivity index (χ3v) is 7.64. The summed E-state index contributed by atoms with van der Waals surface area (Å²) in [4.78, 5) is 26.0. The third kappa shape index (κ3) is 4.87. The Labute approximate surface area is 203 Å². The van der Waals surface area contributed by atoms with E-state index in [4.69, 9.17) is 0 Å². The number of sulfonamides is 1. The molecule has 1 amide bonds. The second-order valence-corrected chi connectivity index (χ2v) is 10.7. The van der Waals surface area contributed by atoms with Crippen LogP contribution in [-0.2, 0) is 21.4 Å². The van der Waals surface area contributed by atoms with Crippen molar-refractivity contribution in [3.05, 3.63) is 88.2 Å². The summed E-state index contributed by atoms with van der Waals surface area (Å²) in [5.41, 5.74) is 2.75. The van der Waals surface area contributed by atoms with E-state index in [9.17, 15) is 18.0 Å². The van der Waals surface area contributed by atoms with Crippen LogP contribution in [0.15, 0.2) is 76.4 Å². The Bertz CT molecular complexity index is 1610. The van der Waals surface area contributed by atoms with Crippen molar-refractivity contribution < 1.29 is 13.2 Å². The summed E-state index contributed by atoms with van der Waals surface area (Å²) in [5.74, 6) is -0.397. The molecule has 180 valence electrons. The Hall–Kier alpha value is -3.82. The van der Waals surface area contributed by atoms with E-state index >= 15 is 0 Å². The maximum Gasteiger partial charge on any atom is 0.275 e. The molecule has 0 fully saturated rings. The van der Waals surface area contributed by atoms with Gasteiger partial charge in [0.2, 0.25) is 15.9 Å². The molecule has 0 aliphatic heterocycles. The normalized spacial score (nSPS) is 11.7. The Morgan fingerprint density at radius 1 is 0.971 bits per heavy atom. The largest absolute Gasteiger partial charge is 0.324 e. The Morgan fingerprint density at radius 2 is 1.69 bits per heavy atom. The summed E-state index contributed by atoms with van der Waals surface area (Å²) in [5, 5.41) is 8.26. The Morgan fingerprint density at radius 3 is 2.37 bits per heavy atom. The lowest BCUT2D eigenvalue weighted by Crippen LogP contribution is -2.30. The van der Waals surface area contributed by atoms with E-state index in [2.05, 4.69) is 10.4 Å². The van der Waals surface area contributed by atoms with Crippen LogP contribution in [0.3, 0.4) is 0 Å². The molecule has 0 aliphatic carbocycles. The lowest BCUT2D eigenvalue weighted by atomic mass is 10.0. The highest BCUT2D eigenvalue weighted by Crippen LogP contribution is 2.29. The highest BCUT2D eigenvalue weighted by atomic mass is 32.2. The summed E-state index contributed by atoms with van der Waals surface area (Å²) in [7, 11) is -0.745. The first kappa shape index (κ1) is 24.3. The minimum atomic E-state index is -3.69. The van der Waals surface area contributed by atoms with Crippen LogP contribution in [0.4, 0.5) is 5.69 Å². The minimum Gasteiger partial charge on any atom is -0.324 e. The van der Waals surface area contributed by atoms with Gasteiger partial charge in [0.15, 0.2) is 0 Å². The summed E-state index contributed by atoms with van der Waals surface area (Å²) in [6, 6.07) is 19.3. The molecule has 4 rings (SSSR count). The van der Waals surface area contributed by atoms with Gasteiger partial charge in [-0.05, 0) is 49.2 Å². The van der Waals surface area contributed by atoms with Gasteiger partial charge in [0.1, 0.15) is 6.54 Å². The van der Waals surface area contributed by atoms with Crippen molar-refractivity contribution >= 4 is 32.4 Å². The van der Waals surface area contributed by atoms with Crippen LogP contribution in [-0.4, -0.2) is 42.5 Å². The first-order chi connectivity index (χ1) is 16.6. The fourth-order valence-corrected chi connectivity index (χ4v) is 4.98. The molecular formula is C26H26N4O4S. The van der Waals surface area contributed by atoms with E-state index < -0.39 is 21.5 Å². The van der Waals surface area contributed by atoms with Crippen LogP contribution in [0.2, 0.25) is 0 Å². The number of hydrogen-bond donors (Lipinski definition) is 1. The standard InChI is InChI=1S/C26H26N4O4S/c1-17-8-7-9-20(14-17)27-24(31)16-30-26(32)22-11-6-5-10-21(22)25(28-30)19-13-12-18(2)23(15-19)35(33,34)29(3)4/h5-15H,16H2,1-4H3,(H,27,31). The highest BCUT2D eigenvalue weighted by Gasteiger charge is 2.22. The Kier molecular flexibility index (Phi) is 6.56. The van der Waals surface area contributed by atoms with Crippen molar-refractivity contribution in [2.75, 3.05) is 19.4 Å². The number of fused-ring (bicyclic) bond motifs is 1. The van der Waals surface area contributed by atoms with Crippen LogP contribution >= 0.6 is 0 Å². The van der Waals surface area contributed by atoms with Crippen LogP contribution < -0.4 is 10.9 Å². The summed E-state index contributed by atoms with van der Waals surface area (Å²) >= 11 is 0. The van der Waals surface area contributed by atoms with Crippen LogP contribution in [0.1, 0.15) is 11.1 Å². The van der Waals surface area contributed by atoms with Gasteiger partial charge < -0.3 is 5.32 Å². The molecule has 9 heteroatoms. The van der Waals surface area contributed by atoms with Crippen molar-refractivity contribution in [3.63, 3.8) is 0 Å². The molecule has 4 aromatic rings. The molecule has 1 N–H and O–H groups in total. The molecular weight excluding hydrogens is 464 g/mol. The fraction of sp³-hybridized carbons (Fsp3) is 0.192. The van der Waals surface area contributed by atoms with Crippen LogP contribution in [0, 0.1) is 13.8 Å². The monoisotopic (exact) mass is 490 g/mol. The van der Waals surface area contributed by atoms with Crippen LogP contribution in [0.5, 0.6) is 0 Å². The smallest absolute Gasteiger partial charge is 0.275 e. The molecule has 1 aromatic heterocycles. The second-order valence-electron chi connectivity index (χ2n) is 8.54. The van der Waals surface area contributed by atoms with Gasteiger partial charge in [-0.2, -0.15) is 5.10 Å². The average molecular weight is 491 g/mol. The number of carbonyl (C=O) groups is 1. The molecule has 0 bridgehead atoms. The second kappa shape index (κ2) is 9.44. The fourth-order valence-electron chi connectivity index (χ4n) is 3.84. The third-order valence-electron chi connectivity index (χ3n) is 5.68. The van der Waals surface area contributed by atoms with Crippen molar-refractivity contribution in [2.45, 2.75) is 25.3 Å². The van der Waals surface area contributed by atoms with E-state index in [0.717, 1.165) is 14.6 Å². The van der Waals surface area contributed by atoms with Crippen LogP contribution in [0.25, 0.3) is 22.0 Å². The molecule has 0 atom stereocenters. The molecule has 1 heterocycles. The molecule has 0 saturated carbocycles. The summed E-state index contributed by atoms with van der Waals surface area (Å²) in [6.07, 6.45) is 0. The Balaban J connectivity index is 1.82. The maximum absolute atomic E-state index is 13.1. The zero-order chi connectivity index (χ0) is 25.3. The number of benzene rings is 3. The lowest BCUT2D eigenvalue weighted by molar-refractivity contribution is -0.117. The molecule has 35 heavy (non-hydrogen) atoms. The van der Waals surface area contributed by atoms with Crippen molar-refractivity contribution in [1.82, 2.24) is 14.1 Å². The van der Waals surface area contributed by atoms with E-state index in [0.29, 0.717) is 33.3 Å². The molecule has 0 spiro atoms. The lowest BCUT2D eigenvalue weighted by Gasteiger charge is -2.16. The topological polar surface area (TPSA) is 101 Å². The molecule has 0 unspecified atom stereocenters.